The molecule has 0 bridgehead atoms. The SMILES string of the molecule is CCOC(=O)/C(=C/Nc1ccc(Cl)cc1Cl)c1ccc(OC)cc1. The van der Waals surface area contributed by atoms with Crippen molar-refractivity contribution < 1.29 is 14.3 Å². The molecular formula is C18H17Cl2NO3. The monoisotopic (exact) mass is 365 g/mol. The molecule has 24 heavy (non-hydrogen) atoms. The third-order valence-electron chi connectivity index (χ3n) is 3.20. The maximum atomic E-state index is 12.2. The minimum absolute atomic E-state index is 0.286. The Hall–Kier alpha value is -2.17. The zero-order chi connectivity index (χ0) is 17.5. The van der Waals surface area contributed by atoms with Crippen LogP contribution in [0.5, 0.6) is 5.75 Å². The van der Waals surface area contributed by atoms with Crippen LogP contribution < -0.4 is 10.1 Å². The molecule has 0 heterocycles. The van der Waals surface area contributed by atoms with Crippen LogP contribution >= 0.6 is 23.2 Å². The number of methoxy groups -OCH3 is 1. The Morgan fingerprint density at radius 3 is 2.46 bits per heavy atom. The Morgan fingerprint density at radius 1 is 1.17 bits per heavy atom. The van der Waals surface area contributed by atoms with Gasteiger partial charge in [-0.3, -0.25) is 0 Å². The smallest absolute Gasteiger partial charge is 0.340 e. The average Bonchev–Trinajstić information content (AvgIpc) is 2.57. The third kappa shape index (κ3) is 4.66. The fourth-order valence-corrected chi connectivity index (χ4v) is 2.46. The fourth-order valence-electron chi connectivity index (χ4n) is 2.00. The van der Waals surface area contributed by atoms with E-state index in [9.17, 15) is 4.79 Å². The topological polar surface area (TPSA) is 47.6 Å². The predicted molar refractivity (Wildman–Crippen MR) is 97.7 cm³/mol. The molecule has 0 saturated carbocycles. The second-order valence-electron chi connectivity index (χ2n) is 4.78. The second kappa shape index (κ2) is 8.62. The van der Waals surface area contributed by atoms with Gasteiger partial charge in [-0.1, -0.05) is 35.3 Å². The number of hydrogen-bond donors (Lipinski definition) is 1. The molecule has 2 aromatic carbocycles. The lowest BCUT2D eigenvalue weighted by atomic mass is 10.1. The van der Waals surface area contributed by atoms with Crippen molar-refractivity contribution in [1.29, 1.82) is 0 Å². The van der Waals surface area contributed by atoms with E-state index in [1.165, 1.54) is 0 Å². The van der Waals surface area contributed by atoms with Crippen LogP contribution in [0.15, 0.2) is 48.7 Å². The van der Waals surface area contributed by atoms with Crippen LogP contribution in [0.25, 0.3) is 5.57 Å². The van der Waals surface area contributed by atoms with Crippen molar-refractivity contribution in [2.45, 2.75) is 6.92 Å². The molecule has 0 aliphatic rings. The number of anilines is 1. The first-order chi connectivity index (χ1) is 11.5. The normalized spacial score (nSPS) is 11.1. The highest BCUT2D eigenvalue weighted by Gasteiger charge is 2.14. The fraction of sp³-hybridized carbons (Fsp3) is 0.167. The van der Waals surface area contributed by atoms with Crippen molar-refractivity contribution in [2.24, 2.45) is 0 Å². The Balaban J connectivity index is 2.32. The second-order valence-corrected chi connectivity index (χ2v) is 5.62. The number of nitrogens with one attached hydrogen (secondary N) is 1. The molecule has 0 aromatic heterocycles. The van der Waals surface area contributed by atoms with E-state index in [4.69, 9.17) is 32.7 Å². The maximum absolute atomic E-state index is 12.2. The average molecular weight is 366 g/mol. The molecule has 0 radical (unpaired) electrons. The summed E-state index contributed by atoms with van der Waals surface area (Å²) in [6.07, 6.45) is 1.56. The summed E-state index contributed by atoms with van der Waals surface area (Å²) in [6, 6.07) is 12.2. The Kier molecular flexibility index (Phi) is 6.53. The zero-order valence-electron chi connectivity index (χ0n) is 13.3. The maximum Gasteiger partial charge on any atom is 0.340 e. The molecule has 4 nitrogen and oxygen atoms in total. The van der Waals surface area contributed by atoms with Gasteiger partial charge in [-0.05, 0) is 42.8 Å². The van der Waals surface area contributed by atoms with Gasteiger partial charge in [0.2, 0.25) is 0 Å². The van der Waals surface area contributed by atoms with Gasteiger partial charge >= 0.3 is 5.97 Å². The molecule has 0 unspecified atom stereocenters. The molecule has 0 aliphatic carbocycles. The van der Waals surface area contributed by atoms with Crippen LogP contribution in [-0.2, 0) is 9.53 Å². The molecule has 0 spiro atoms. The van der Waals surface area contributed by atoms with E-state index in [-0.39, 0.29) is 6.61 Å². The number of esters is 1. The molecule has 126 valence electrons. The van der Waals surface area contributed by atoms with E-state index in [0.29, 0.717) is 32.6 Å². The van der Waals surface area contributed by atoms with Crippen molar-refractivity contribution in [2.75, 3.05) is 19.0 Å². The van der Waals surface area contributed by atoms with Crippen LogP contribution in [0.4, 0.5) is 5.69 Å². The first kappa shape index (κ1) is 18.2. The van der Waals surface area contributed by atoms with E-state index in [0.717, 1.165) is 0 Å². The molecule has 0 aliphatic heterocycles. The van der Waals surface area contributed by atoms with Gasteiger partial charge in [-0.2, -0.15) is 0 Å². The molecule has 2 rings (SSSR count). The minimum Gasteiger partial charge on any atom is -0.497 e. The van der Waals surface area contributed by atoms with Gasteiger partial charge in [-0.25, -0.2) is 4.79 Å². The van der Waals surface area contributed by atoms with Crippen molar-refractivity contribution in [3.8, 4) is 5.75 Å². The highest BCUT2D eigenvalue weighted by atomic mass is 35.5. The first-order valence-corrected chi connectivity index (χ1v) is 8.04. The molecule has 1 N–H and O–H groups in total. The van der Waals surface area contributed by atoms with Gasteiger partial charge in [0.1, 0.15) is 5.75 Å². The van der Waals surface area contributed by atoms with Crippen LogP contribution in [-0.4, -0.2) is 19.7 Å². The van der Waals surface area contributed by atoms with Gasteiger partial charge in [0.15, 0.2) is 0 Å². The Morgan fingerprint density at radius 2 is 1.88 bits per heavy atom. The number of carbonyl (C=O) groups is 1. The summed E-state index contributed by atoms with van der Waals surface area (Å²) in [5.41, 5.74) is 1.72. The molecule has 6 heteroatoms. The van der Waals surface area contributed by atoms with E-state index in [1.807, 2.05) is 0 Å². The van der Waals surface area contributed by atoms with E-state index in [2.05, 4.69) is 5.32 Å². The van der Waals surface area contributed by atoms with Crippen LogP contribution in [0.3, 0.4) is 0 Å². The summed E-state index contributed by atoms with van der Waals surface area (Å²) in [5, 5.41) is 4.01. The minimum atomic E-state index is -0.430. The quantitative estimate of drug-likeness (QED) is 0.576. The lowest BCUT2D eigenvalue weighted by Gasteiger charge is -2.10. The summed E-state index contributed by atoms with van der Waals surface area (Å²) >= 11 is 12.0. The molecular weight excluding hydrogens is 349 g/mol. The number of rotatable bonds is 6. The summed E-state index contributed by atoms with van der Waals surface area (Å²) in [5.74, 6) is 0.274. The lowest BCUT2D eigenvalue weighted by Crippen LogP contribution is -2.08. The summed E-state index contributed by atoms with van der Waals surface area (Å²) in [4.78, 5) is 12.2. The first-order valence-electron chi connectivity index (χ1n) is 7.28. The molecule has 2 aromatic rings. The molecule has 0 fully saturated rings. The standard InChI is InChI=1S/C18H17Cl2NO3/c1-3-24-18(22)15(12-4-7-14(23-2)8-5-12)11-21-17-9-6-13(19)10-16(17)20/h4-11,21H,3H2,1-2H3/b15-11+. The summed E-state index contributed by atoms with van der Waals surface area (Å²) < 4.78 is 10.3. The summed E-state index contributed by atoms with van der Waals surface area (Å²) in [6.45, 7) is 2.04. The van der Waals surface area contributed by atoms with Gasteiger partial charge in [0.05, 0.1) is 30.0 Å². The van der Waals surface area contributed by atoms with Crippen LogP contribution in [0.1, 0.15) is 12.5 Å². The largest absolute Gasteiger partial charge is 0.497 e. The van der Waals surface area contributed by atoms with E-state index >= 15 is 0 Å². The van der Waals surface area contributed by atoms with Crippen LogP contribution in [0.2, 0.25) is 10.0 Å². The highest BCUT2D eigenvalue weighted by molar-refractivity contribution is 6.36. The summed E-state index contributed by atoms with van der Waals surface area (Å²) in [7, 11) is 1.58. The molecule has 0 saturated heterocycles. The predicted octanol–water partition coefficient (Wildman–Crippen LogP) is 5.02. The van der Waals surface area contributed by atoms with E-state index in [1.54, 1.807) is 62.7 Å². The van der Waals surface area contributed by atoms with Crippen LogP contribution in [0, 0.1) is 0 Å². The zero-order valence-corrected chi connectivity index (χ0v) is 14.8. The lowest BCUT2D eigenvalue weighted by molar-refractivity contribution is -0.136. The number of hydrogen-bond acceptors (Lipinski definition) is 4. The van der Waals surface area contributed by atoms with Crippen molar-refractivity contribution >= 4 is 40.4 Å². The van der Waals surface area contributed by atoms with Gasteiger partial charge in [0, 0.05) is 11.2 Å². The Bertz CT molecular complexity index is 742. The van der Waals surface area contributed by atoms with Crippen molar-refractivity contribution in [3.63, 3.8) is 0 Å². The Labute approximate surface area is 151 Å². The number of benzene rings is 2. The highest BCUT2D eigenvalue weighted by Crippen LogP contribution is 2.26. The van der Waals surface area contributed by atoms with Crippen molar-refractivity contribution in [1.82, 2.24) is 0 Å². The number of halogens is 2. The molecule has 0 atom stereocenters. The number of carbonyl (C=O) groups excluding carboxylic acids is 1. The van der Waals surface area contributed by atoms with Crippen molar-refractivity contribution in [3.05, 3.63) is 64.3 Å². The van der Waals surface area contributed by atoms with Gasteiger partial charge < -0.3 is 14.8 Å². The van der Waals surface area contributed by atoms with Gasteiger partial charge in [-0.15, -0.1) is 0 Å². The van der Waals surface area contributed by atoms with Gasteiger partial charge in [0.25, 0.3) is 0 Å². The third-order valence-corrected chi connectivity index (χ3v) is 3.75. The number of ether oxygens (including phenoxy) is 2. The molecule has 0 amide bonds. The van der Waals surface area contributed by atoms with E-state index < -0.39 is 5.97 Å².